The van der Waals surface area contributed by atoms with Crippen LogP contribution in [0.1, 0.15) is 53.3 Å². The average Bonchev–Trinajstić information content (AvgIpc) is 3.84. The van der Waals surface area contributed by atoms with Crippen molar-refractivity contribution >= 4 is 85.6 Å². The number of allylic oxidation sites excluding steroid dienone is 15. The molecule has 0 fully saturated rings. The number of hydrogen-bond donors (Lipinski definition) is 6. The quantitative estimate of drug-likeness (QED) is 0.0598. The van der Waals surface area contributed by atoms with Crippen LogP contribution in [-0.2, 0) is 21.1 Å². The fourth-order valence-corrected chi connectivity index (χ4v) is 10.9. The summed E-state index contributed by atoms with van der Waals surface area (Å²) in [6.07, 6.45) is 34.2. The van der Waals surface area contributed by atoms with Gasteiger partial charge in [-0.1, -0.05) is 84.9 Å². The Morgan fingerprint density at radius 2 is 0.864 bits per heavy atom. The van der Waals surface area contributed by atoms with Gasteiger partial charge >= 0.3 is 0 Å². The van der Waals surface area contributed by atoms with E-state index in [0.29, 0.717) is 118 Å². The Labute approximate surface area is 507 Å². The summed E-state index contributed by atoms with van der Waals surface area (Å²) in [6.45, 7) is 0. The first-order valence-electron chi connectivity index (χ1n) is 28.5. The molecule has 0 spiro atoms. The minimum atomic E-state index is -0.418. The van der Waals surface area contributed by atoms with Gasteiger partial charge in [-0.15, -0.1) is 11.4 Å². The standard InChI is InChI=1S/C72H54N12O4/c1-81-37-29-45(30-38-81)69(85)77-53-17-9-5-13-49(53)65-57-21-23-59(73-57)66(50-14-6-10-18-54(50)78-70(86)46-31-39-82(2)40-32-46)61-25-27-63(75-61)68(52-16-8-12-20-56(52)80-72(88)48-35-43-84(4)44-36-48)64-28-26-62(76-64)67(60-24-22-58(65)74-60)51-15-7-11-19-55(51)79-71(87)47-33-41-83(3)42-34-47/h5-44H,1-4H3,(H2-3,73,74,75,76,77,78,79,80,85,86,87,88)/p+4. The minimum absolute atomic E-state index is 0.0417. The van der Waals surface area contributed by atoms with E-state index in [1.807, 2.05) is 254 Å². The number of aliphatic hydroxyl groups is 1. The van der Waals surface area contributed by atoms with Gasteiger partial charge in [0.15, 0.2) is 43.1 Å². The maximum Gasteiger partial charge on any atom is 0.256 e. The fraction of sp³-hybridized carbons (Fsp3) is 0.0556. The molecule has 0 unspecified atom stereocenters. The number of amides is 3. The van der Waals surface area contributed by atoms with Crippen LogP contribution in [0.15, 0.2) is 283 Å². The number of pyridine rings is 3. The zero-order valence-corrected chi connectivity index (χ0v) is 48.4. The van der Waals surface area contributed by atoms with Crippen LogP contribution < -0.4 is 39.3 Å². The fourth-order valence-electron chi connectivity index (χ4n) is 10.9. The van der Waals surface area contributed by atoms with Gasteiger partial charge in [0, 0.05) is 132 Å². The van der Waals surface area contributed by atoms with Crippen LogP contribution in [0, 0.1) is 0 Å². The van der Waals surface area contributed by atoms with Crippen LogP contribution in [0.3, 0.4) is 0 Å². The van der Waals surface area contributed by atoms with Crippen molar-refractivity contribution in [3.63, 3.8) is 0 Å². The minimum Gasteiger partial charge on any atom is -0.622 e. The van der Waals surface area contributed by atoms with Gasteiger partial charge in [-0.3, -0.25) is 4.79 Å². The normalized spacial score (nSPS) is 15.5. The van der Waals surface area contributed by atoms with Crippen molar-refractivity contribution in [3.8, 4) is 0 Å². The van der Waals surface area contributed by atoms with E-state index in [1.165, 1.54) is 0 Å². The molecule has 6 N–H and O–H groups in total. The van der Waals surface area contributed by atoms with E-state index in [2.05, 4.69) is 25.6 Å². The molecule has 88 heavy (non-hydrogen) atoms. The summed E-state index contributed by atoms with van der Waals surface area (Å²) in [7, 11) is 7.60. The number of carbonyl (C=O) groups is 3. The number of aryl methyl sites for hydroxylation is 3. The predicted octanol–water partition coefficient (Wildman–Crippen LogP) is 6.50. The molecule has 0 radical (unpaired) electrons. The number of hydrogen-bond acceptors (Lipinski definition) is 7. The summed E-state index contributed by atoms with van der Waals surface area (Å²) in [5.41, 5.74) is 14.6. The summed E-state index contributed by atoms with van der Waals surface area (Å²) in [5.74, 6) is -1.16. The Balaban J connectivity index is 1.06. The van der Waals surface area contributed by atoms with E-state index in [1.54, 1.807) is 36.4 Å². The van der Waals surface area contributed by atoms with E-state index < -0.39 is 11.8 Å². The first kappa shape index (κ1) is 55.2. The second kappa shape index (κ2) is 23.5. The molecule has 0 atom stereocenters. The Bertz CT molecular complexity index is 4520. The maximum absolute atomic E-state index is 14.2. The molecule has 13 rings (SSSR count). The number of anilines is 2. The largest absolute Gasteiger partial charge is 0.622 e. The van der Waals surface area contributed by atoms with Gasteiger partial charge in [0.2, 0.25) is 34.2 Å². The second-order valence-electron chi connectivity index (χ2n) is 21.5. The maximum atomic E-state index is 14.2. The van der Waals surface area contributed by atoms with E-state index in [4.69, 9.17) is 15.6 Å². The highest BCUT2D eigenvalue weighted by Gasteiger charge is 2.37. The summed E-state index contributed by atoms with van der Waals surface area (Å²) >= 11 is 0. The van der Waals surface area contributed by atoms with Gasteiger partial charge in [-0.2, -0.15) is 0 Å². The van der Waals surface area contributed by atoms with Gasteiger partial charge in [0.1, 0.15) is 32.3 Å². The monoisotopic (exact) mass is 1150 g/mol. The van der Waals surface area contributed by atoms with Crippen LogP contribution in [0.5, 0.6) is 0 Å². The van der Waals surface area contributed by atoms with Crippen molar-refractivity contribution < 1.29 is 48.2 Å². The smallest absolute Gasteiger partial charge is 0.256 e. The molecule has 0 saturated heterocycles. The van der Waals surface area contributed by atoms with Gasteiger partial charge in [-0.05, 0) is 47.6 Å². The lowest BCUT2D eigenvalue weighted by Crippen LogP contribution is -2.72. The number of nitrogens with zero attached hydrogens (tertiary/aromatic N) is 7. The van der Waals surface area contributed by atoms with Gasteiger partial charge in [-0.25, -0.2) is 33.7 Å². The zero-order chi connectivity index (χ0) is 60.4. The molecule has 3 amide bonds. The lowest BCUT2D eigenvalue weighted by atomic mass is 9.96. The molecule has 16 nitrogen and oxygen atoms in total. The lowest BCUT2D eigenvalue weighted by Gasteiger charge is -2.25. The van der Waals surface area contributed by atoms with Gasteiger partial charge in [0.25, 0.3) is 5.91 Å². The molecule has 7 aromatic rings. The summed E-state index contributed by atoms with van der Waals surface area (Å²) in [6, 6.07) is 41.1. The molecule has 8 bridgehead atoms. The number of fused-ring (bicyclic) bond motifs is 4. The third kappa shape index (κ3) is 11.1. The number of nitrogens with one attached hydrogen (secondary N) is 5. The van der Waals surface area contributed by atoms with E-state index >= 15 is 0 Å². The van der Waals surface area contributed by atoms with Crippen LogP contribution in [0.2, 0.25) is 0 Å². The zero-order valence-electron chi connectivity index (χ0n) is 48.4. The summed E-state index contributed by atoms with van der Waals surface area (Å²) in [5, 5.41) is 27.9. The molecule has 9 heterocycles. The number of aromatic nitrogens is 3. The van der Waals surface area contributed by atoms with Crippen molar-refractivity contribution in [1.82, 2.24) is 4.90 Å². The SMILES string of the molecule is CN1C=CC(=C(O)Nc2ccccc2C2=C3C=CC(=[NH+]3)C(c3ccccc3[N-]C(=O)c3cc[n+](C)cc3)=C3C=CC(=N3)C(c3ccccc3[N-]C(=O)c3cc[n+](C)cc3)=C3C=CC(=[NH+]3)C(c3ccccc3NC(=O)c3cc[n+](C)cc3)=C3C=CC2=[NH+]3)C=C1. The second-order valence-corrected chi connectivity index (χ2v) is 21.5. The van der Waals surface area contributed by atoms with Crippen molar-refractivity contribution in [3.05, 3.63) is 328 Å². The highest BCUT2D eigenvalue weighted by molar-refractivity contribution is 6.38. The third-order valence-corrected chi connectivity index (χ3v) is 15.5. The molecule has 6 aliphatic rings. The molecule has 16 heteroatoms. The van der Waals surface area contributed by atoms with Crippen LogP contribution in [0.4, 0.5) is 22.7 Å². The number of para-hydroxylation sites is 4. The van der Waals surface area contributed by atoms with Crippen LogP contribution in [-0.4, -0.2) is 57.6 Å². The van der Waals surface area contributed by atoms with E-state index in [0.717, 1.165) is 16.7 Å². The van der Waals surface area contributed by atoms with Gasteiger partial charge < -0.3 is 40.9 Å². The average molecular weight is 1160 g/mol. The Kier molecular flexibility index (Phi) is 14.8. The Morgan fingerprint density at radius 3 is 1.36 bits per heavy atom. The predicted molar refractivity (Wildman–Crippen MR) is 340 cm³/mol. The van der Waals surface area contributed by atoms with Crippen molar-refractivity contribution in [2.45, 2.75) is 0 Å². The van der Waals surface area contributed by atoms with E-state index in [-0.39, 0.29) is 11.8 Å². The third-order valence-electron chi connectivity index (χ3n) is 15.5. The number of rotatable bonds is 12. The molecule has 0 aliphatic carbocycles. The van der Waals surface area contributed by atoms with Crippen molar-refractivity contribution in [2.24, 2.45) is 26.1 Å². The summed E-state index contributed by atoms with van der Waals surface area (Å²) in [4.78, 5) is 61.4. The number of aliphatic imine (C=N–C) groups is 1. The lowest BCUT2D eigenvalue weighted by molar-refractivity contribution is -0.671. The molecule has 0 saturated carbocycles. The number of carbonyl (C=O) groups excluding carboxylic acids is 3. The highest BCUT2D eigenvalue weighted by Crippen LogP contribution is 2.40. The Hall–Kier alpha value is -12.0. The van der Waals surface area contributed by atoms with Crippen molar-refractivity contribution in [2.75, 3.05) is 17.7 Å². The van der Waals surface area contributed by atoms with Crippen LogP contribution in [0.25, 0.3) is 32.9 Å². The van der Waals surface area contributed by atoms with E-state index in [9.17, 15) is 19.5 Å². The molecule has 3 aromatic heterocycles. The van der Waals surface area contributed by atoms with Gasteiger partial charge in [0.05, 0.1) is 39.9 Å². The summed E-state index contributed by atoms with van der Waals surface area (Å²) < 4.78 is 5.59. The molecule has 426 valence electrons. The number of aliphatic hydroxyl groups excluding tert-OH is 1. The number of benzene rings is 4. The molecule has 4 aromatic carbocycles. The van der Waals surface area contributed by atoms with Crippen LogP contribution >= 0.6 is 0 Å². The highest BCUT2D eigenvalue weighted by atomic mass is 16.3. The van der Waals surface area contributed by atoms with Crippen molar-refractivity contribution in [1.29, 1.82) is 0 Å². The Morgan fingerprint density at radius 1 is 0.455 bits per heavy atom. The topological polar surface area (TPSA) is 193 Å². The molecular weight excluding hydrogens is 1100 g/mol. The molecule has 6 aliphatic heterocycles. The molecular formula is C72H58N12O4+4. The first-order chi connectivity index (χ1) is 42.9. The first-order valence-corrected chi connectivity index (χ1v) is 28.5.